The first-order valence-corrected chi connectivity index (χ1v) is 9.63. The van der Waals surface area contributed by atoms with Gasteiger partial charge in [-0.1, -0.05) is 12.1 Å². The molecule has 2 fully saturated rings. The zero-order chi connectivity index (χ0) is 20.1. The molecular weight excluding hydrogens is 373 g/mol. The standard InChI is InChI=1S/C21H20FN5O2/c1-13(28)27-10-15-9-26(11-17(15)19(27)14-4-2-5-16(22)8-14)20(29)18-12-25-7-3-6-23-21(25)24-18/h2-8,12,15,17,19H,9-11H2,1H3/t15-,17-,19+/m1/s1. The Balaban J connectivity index is 1.42. The highest BCUT2D eigenvalue weighted by Crippen LogP contribution is 2.45. The lowest BCUT2D eigenvalue weighted by atomic mass is 9.89. The Hall–Kier alpha value is -3.29. The second-order valence-electron chi connectivity index (χ2n) is 7.76. The van der Waals surface area contributed by atoms with Crippen molar-refractivity contribution in [3.05, 3.63) is 66.0 Å². The van der Waals surface area contributed by atoms with Gasteiger partial charge in [0, 0.05) is 57.0 Å². The predicted octanol–water partition coefficient (Wildman–Crippen LogP) is 2.16. The summed E-state index contributed by atoms with van der Waals surface area (Å²) in [6.07, 6.45) is 5.12. The number of imidazole rings is 1. The minimum absolute atomic E-state index is 0.0297. The van der Waals surface area contributed by atoms with Crippen molar-refractivity contribution in [2.24, 2.45) is 11.8 Å². The molecule has 2 aromatic heterocycles. The van der Waals surface area contributed by atoms with Crippen LogP contribution in [0, 0.1) is 17.7 Å². The quantitative estimate of drug-likeness (QED) is 0.669. The van der Waals surface area contributed by atoms with Crippen LogP contribution in [0.2, 0.25) is 0 Å². The molecule has 0 N–H and O–H groups in total. The van der Waals surface area contributed by atoms with E-state index >= 15 is 0 Å². The summed E-state index contributed by atoms with van der Waals surface area (Å²) in [5.74, 6) is 0.217. The lowest BCUT2D eigenvalue weighted by Crippen LogP contribution is -2.36. The van der Waals surface area contributed by atoms with E-state index in [-0.39, 0.29) is 35.5 Å². The van der Waals surface area contributed by atoms with Crippen molar-refractivity contribution in [1.82, 2.24) is 24.2 Å². The second-order valence-corrected chi connectivity index (χ2v) is 7.76. The molecule has 1 aromatic carbocycles. The van der Waals surface area contributed by atoms with Crippen molar-refractivity contribution in [2.45, 2.75) is 13.0 Å². The summed E-state index contributed by atoms with van der Waals surface area (Å²) in [4.78, 5) is 37.3. The Kier molecular flexibility index (Phi) is 4.08. The molecule has 8 heteroatoms. The number of likely N-dealkylation sites (tertiary alicyclic amines) is 2. The highest BCUT2D eigenvalue weighted by atomic mass is 19.1. The lowest BCUT2D eigenvalue weighted by Gasteiger charge is -2.29. The van der Waals surface area contributed by atoms with E-state index < -0.39 is 0 Å². The number of carbonyl (C=O) groups excluding carboxylic acids is 2. The van der Waals surface area contributed by atoms with E-state index in [9.17, 15) is 14.0 Å². The van der Waals surface area contributed by atoms with Crippen LogP contribution in [0.5, 0.6) is 0 Å². The summed E-state index contributed by atoms with van der Waals surface area (Å²) in [5.41, 5.74) is 1.13. The van der Waals surface area contributed by atoms with Crippen LogP contribution < -0.4 is 0 Å². The fourth-order valence-corrected chi connectivity index (χ4v) is 4.75. The maximum atomic E-state index is 13.8. The van der Waals surface area contributed by atoms with Gasteiger partial charge in [0.1, 0.15) is 11.5 Å². The van der Waals surface area contributed by atoms with Gasteiger partial charge in [0.2, 0.25) is 11.7 Å². The monoisotopic (exact) mass is 393 g/mol. The smallest absolute Gasteiger partial charge is 0.274 e. The Labute approximate surface area is 166 Å². The summed E-state index contributed by atoms with van der Waals surface area (Å²) in [6, 6.07) is 7.96. The summed E-state index contributed by atoms with van der Waals surface area (Å²) < 4.78 is 15.6. The van der Waals surface area contributed by atoms with Gasteiger partial charge in [-0.3, -0.25) is 14.0 Å². The molecule has 2 saturated heterocycles. The fraction of sp³-hybridized carbons (Fsp3) is 0.333. The molecule has 2 aliphatic rings. The highest BCUT2D eigenvalue weighted by Gasteiger charge is 2.49. The first-order valence-electron chi connectivity index (χ1n) is 9.63. The summed E-state index contributed by atoms with van der Waals surface area (Å²) >= 11 is 0. The van der Waals surface area contributed by atoms with Crippen LogP contribution in [0.25, 0.3) is 5.78 Å². The second kappa shape index (κ2) is 6.65. The van der Waals surface area contributed by atoms with E-state index in [2.05, 4.69) is 9.97 Å². The molecule has 4 heterocycles. The molecule has 0 aliphatic carbocycles. The van der Waals surface area contributed by atoms with Crippen LogP contribution in [0.1, 0.15) is 29.0 Å². The van der Waals surface area contributed by atoms with Crippen LogP contribution in [0.15, 0.2) is 48.9 Å². The Morgan fingerprint density at radius 2 is 2.03 bits per heavy atom. The number of benzene rings is 1. The minimum atomic E-state index is -0.322. The van der Waals surface area contributed by atoms with Gasteiger partial charge in [0.15, 0.2) is 0 Å². The van der Waals surface area contributed by atoms with Gasteiger partial charge in [-0.2, -0.15) is 0 Å². The molecule has 0 unspecified atom stereocenters. The van der Waals surface area contributed by atoms with Gasteiger partial charge in [0.25, 0.3) is 5.91 Å². The Morgan fingerprint density at radius 3 is 2.79 bits per heavy atom. The van der Waals surface area contributed by atoms with E-state index in [4.69, 9.17) is 0 Å². The molecule has 3 atom stereocenters. The van der Waals surface area contributed by atoms with Crippen molar-refractivity contribution < 1.29 is 14.0 Å². The number of hydrogen-bond acceptors (Lipinski definition) is 4. The molecular formula is C21H20FN5O2. The van der Waals surface area contributed by atoms with E-state index in [0.29, 0.717) is 31.1 Å². The summed E-state index contributed by atoms with van der Waals surface area (Å²) in [5, 5.41) is 0. The normalized spacial score (nSPS) is 23.6. The minimum Gasteiger partial charge on any atom is -0.337 e. The number of amides is 2. The van der Waals surface area contributed by atoms with Crippen LogP contribution in [-0.4, -0.2) is 55.6 Å². The molecule has 0 radical (unpaired) electrons. The Bertz CT molecular complexity index is 1080. The first kappa shape index (κ1) is 17.8. The van der Waals surface area contributed by atoms with Crippen molar-refractivity contribution >= 4 is 17.6 Å². The number of carbonyl (C=O) groups is 2. The van der Waals surface area contributed by atoms with E-state index in [1.54, 1.807) is 51.8 Å². The number of hydrogen-bond donors (Lipinski definition) is 0. The van der Waals surface area contributed by atoms with Crippen LogP contribution >= 0.6 is 0 Å². The van der Waals surface area contributed by atoms with Gasteiger partial charge in [-0.15, -0.1) is 0 Å². The van der Waals surface area contributed by atoms with Crippen molar-refractivity contribution in [3.63, 3.8) is 0 Å². The topological polar surface area (TPSA) is 70.8 Å². The summed E-state index contributed by atoms with van der Waals surface area (Å²) in [6.45, 7) is 3.17. The van der Waals surface area contributed by atoms with E-state index in [0.717, 1.165) is 5.56 Å². The zero-order valence-electron chi connectivity index (χ0n) is 15.9. The molecule has 3 aromatic rings. The molecule has 29 heavy (non-hydrogen) atoms. The Morgan fingerprint density at radius 1 is 1.17 bits per heavy atom. The van der Waals surface area contributed by atoms with Crippen LogP contribution in [0.4, 0.5) is 4.39 Å². The molecule has 0 spiro atoms. The maximum Gasteiger partial charge on any atom is 0.274 e. The number of nitrogens with zero attached hydrogens (tertiary/aromatic N) is 5. The third-order valence-corrected chi connectivity index (χ3v) is 6.00. The molecule has 5 rings (SSSR count). The van der Waals surface area contributed by atoms with Crippen molar-refractivity contribution in [3.8, 4) is 0 Å². The lowest BCUT2D eigenvalue weighted by molar-refractivity contribution is -0.130. The number of rotatable bonds is 2. The number of aromatic nitrogens is 3. The SMILES string of the molecule is CC(=O)N1C[C@H]2CN(C(=O)c3cn4cccnc4n3)C[C@H]2[C@@H]1c1cccc(F)c1. The summed E-state index contributed by atoms with van der Waals surface area (Å²) in [7, 11) is 0. The van der Waals surface area contributed by atoms with Gasteiger partial charge >= 0.3 is 0 Å². The molecule has 148 valence electrons. The van der Waals surface area contributed by atoms with Gasteiger partial charge < -0.3 is 9.80 Å². The molecule has 7 nitrogen and oxygen atoms in total. The van der Waals surface area contributed by atoms with Crippen LogP contribution in [0.3, 0.4) is 0 Å². The molecule has 0 bridgehead atoms. The van der Waals surface area contributed by atoms with E-state index in [1.807, 2.05) is 6.07 Å². The van der Waals surface area contributed by atoms with E-state index in [1.165, 1.54) is 12.1 Å². The third-order valence-electron chi connectivity index (χ3n) is 6.00. The number of halogens is 1. The molecule has 2 aliphatic heterocycles. The molecule has 0 saturated carbocycles. The van der Waals surface area contributed by atoms with Gasteiger partial charge in [0.05, 0.1) is 6.04 Å². The average molecular weight is 393 g/mol. The number of fused-ring (bicyclic) bond motifs is 2. The highest BCUT2D eigenvalue weighted by molar-refractivity contribution is 5.93. The van der Waals surface area contributed by atoms with Crippen LogP contribution in [-0.2, 0) is 4.79 Å². The fourth-order valence-electron chi connectivity index (χ4n) is 4.75. The van der Waals surface area contributed by atoms with Crippen molar-refractivity contribution in [1.29, 1.82) is 0 Å². The maximum absolute atomic E-state index is 13.8. The van der Waals surface area contributed by atoms with Gasteiger partial charge in [-0.25, -0.2) is 14.4 Å². The largest absolute Gasteiger partial charge is 0.337 e. The van der Waals surface area contributed by atoms with Crippen molar-refractivity contribution in [2.75, 3.05) is 19.6 Å². The molecule has 2 amide bonds. The predicted molar refractivity (Wildman–Crippen MR) is 102 cm³/mol. The third kappa shape index (κ3) is 2.95. The zero-order valence-corrected chi connectivity index (χ0v) is 15.9. The average Bonchev–Trinajstić information content (AvgIpc) is 3.39. The first-order chi connectivity index (χ1) is 14.0. The van der Waals surface area contributed by atoms with Gasteiger partial charge in [-0.05, 0) is 23.8 Å².